The van der Waals surface area contributed by atoms with E-state index in [0.29, 0.717) is 30.6 Å². The summed E-state index contributed by atoms with van der Waals surface area (Å²) in [7, 11) is 0. The minimum atomic E-state index is -0.461. The Labute approximate surface area is 161 Å². The molecule has 28 heavy (non-hydrogen) atoms. The number of para-hydroxylation sites is 1. The molecule has 0 bridgehead atoms. The number of imide groups is 1. The van der Waals surface area contributed by atoms with Gasteiger partial charge in [0.25, 0.3) is 0 Å². The van der Waals surface area contributed by atoms with Crippen molar-refractivity contribution in [3.63, 3.8) is 0 Å². The number of urea groups is 1. The molecule has 3 atom stereocenters. The van der Waals surface area contributed by atoms with E-state index in [-0.39, 0.29) is 35.5 Å². The highest BCUT2D eigenvalue weighted by atomic mass is 19.1. The molecule has 3 unspecified atom stereocenters. The molecule has 2 aliphatic rings. The predicted molar refractivity (Wildman–Crippen MR) is 102 cm³/mol. The minimum Gasteiger partial charge on any atom is -0.334 e. The van der Waals surface area contributed by atoms with Gasteiger partial charge in [-0.25, -0.2) is 14.1 Å². The Morgan fingerprint density at radius 1 is 1.04 bits per heavy atom. The van der Waals surface area contributed by atoms with Crippen LogP contribution in [0.15, 0.2) is 54.6 Å². The predicted octanol–water partition coefficient (Wildman–Crippen LogP) is 3.31. The second-order valence-electron chi connectivity index (χ2n) is 7.18. The highest BCUT2D eigenvalue weighted by Gasteiger charge is 2.45. The number of anilines is 2. The Kier molecular flexibility index (Phi) is 4.81. The third-order valence-electron chi connectivity index (χ3n) is 5.40. The van der Waals surface area contributed by atoms with Crippen molar-refractivity contribution in [3.8, 4) is 0 Å². The van der Waals surface area contributed by atoms with Gasteiger partial charge in [0.1, 0.15) is 5.82 Å². The quantitative estimate of drug-likeness (QED) is 0.856. The smallest absolute Gasteiger partial charge is 0.328 e. The van der Waals surface area contributed by atoms with Crippen LogP contribution in [0.2, 0.25) is 0 Å². The van der Waals surface area contributed by atoms with Gasteiger partial charge in [0, 0.05) is 17.6 Å². The molecule has 2 fully saturated rings. The summed E-state index contributed by atoms with van der Waals surface area (Å²) in [5, 5.41) is 5.67. The van der Waals surface area contributed by atoms with Crippen LogP contribution in [0.1, 0.15) is 19.3 Å². The topological polar surface area (TPSA) is 78.5 Å². The van der Waals surface area contributed by atoms with Crippen molar-refractivity contribution < 1.29 is 18.8 Å². The number of carbonyl (C=O) groups is 3. The Morgan fingerprint density at radius 2 is 1.75 bits per heavy atom. The van der Waals surface area contributed by atoms with E-state index in [1.165, 1.54) is 29.2 Å². The molecule has 1 aliphatic heterocycles. The number of amides is 4. The Morgan fingerprint density at radius 3 is 2.46 bits per heavy atom. The number of halogens is 1. The van der Waals surface area contributed by atoms with E-state index in [4.69, 9.17) is 0 Å². The lowest BCUT2D eigenvalue weighted by molar-refractivity contribution is -0.128. The molecule has 1 saturated carbocycles. The highest BCUT2D eigenvalue weighted by molar-refractivity contribution is 6.17. The Balaban J connectivity index is 1.44. The average molecular weight is 381 g/mol. The Bertz CT molecular complexity index is 901. The molecule has 2 aromatic rings. The molecule has 2 aromatic carbocycles. The zero-order chi connectivity index (χ0) is 19.7. The van der Waals surface area contributed by atoms with Crippen LogP contribution >= 0.6 is 0 Å². The second-order valence-corrected chi connectivity index (χ2v) is 7.18. The van der Waals surface area contributed by atoms with Crippen molar-refractivity contribution in [1.82, 2.24) is 5.32 Å². The van der Waals surface area contributed by atoms with Gasteiger partial charge in [0.05, 0.1) is 11.6 Å². The fourth-order valence-electron chi connectivity index (χ4n) is 3.95. The first-order chi connectivity index (χ1) is 13.5. The largest absolute Gasteiger partial charge is 0.334 e. The van der Waals surface area contributed by atoms with Crippen molar-refractivity contribution in [2.24, 2.45) is 11.8 Å². The third-order valence-corrected chi connectivity index (χ3v) is 5.40. The molecule has 1 heterocycles. The van der Waals surface area contributed by atoms with Crippen molar-refractivity contribution >= 4 is 29.2 Å². The van der Waals surface area contributed by atoms with Crippen LogP contribution < -0.4 is 15.5 Å². The molecule has 4 rings (SSSR count). The highest BCUT2D eigenvalue weighted by Crippen LogP contribution is 2.35. The van der Waals surface area contributed by atoms with E-state index in [1.807, 2.05) is 6.07 Å². The van der Waals surface area contributed by atoms with E-state index in [9.17, 15) is 18.8 Å². The number of nitrogens with zero attached hydrogens (tertiary/aromatic N) is 1. The summed E-state index contributed by atoms with van der Waals surface area (Å²) in [5.74, 6) is -1.44. The molecule has 2 N–H and O–H groups in total. The number of hydrogen-bond donors (Lipinski definition) is 2. The van der Waals surface area contributed by atoms with Gasteiger partial charge in [-0.15, -0.1) is 0 Å². The van der Waals surface area contributed by atoms with Gasteiger partial charge < -0.3 is 10.6 Å². The van der Waals surface area contributed by atoms with Crippen LogP contribution in [-0.2, 0) is 9.59 Å². The standard InChI is InChI=1S/C21H20FN3O3/c22-14-7-9-15(10-8-14)23-19(26)13-6-11-17-18(12-13)24-21(28)25(20(17)27)16-4-2-1-3-5-16/h1-5,7-10,13,17-18H,6,11-12H2,(H,23,26)(H,24,28). The van der Waals surface area contributed by atoms with Gasteiger partial charge in [-0.05, 0) is 55.7 Å². The van der Waals surface area contributed by atoms with Gasteiger partial charge in [0.2, 0.25) is 11.8 Å². The van der Waals surface area contributed by atoms with Gasteiger partial charge in [-0.2, -0.15) is 0 Å². The molecule has 1 aliphatic carbocycles. The summed E-state index contributed by atoms with van der Waals surface area (Å²) < 4.78 is 13.0. The van der Waals surface area contributed by atoms with Gasteiger partial charge in [0.15, 0.2) is 0 Å². The second kappa shape index (κ2) is 7.42. The molecule has 0 radical (unpaired) electrons. The van der Waals surface area contributed by atoms with Crippen molar-refractivity contribution in [3.05, 3.63) is 60.4 Å². The van der Waals surface area contributed by atoms with Crippen LogP contribution in [0, 0.1) is 17.7 Å². The van der Waals surface area contributed by atoms with Crippen LogP contribution in [0.5, 0.6) is 0 Å². The van der Waals surface area contributed by atoms with Crippen LogP contribution in [0.25, 0.3) is 0 Å². The van der Waals surface area contributed by atoms with E-state index >= 15 is 0 Å². The van der Waals surface area contributed by atoms with Crippen LogP contribution in [-0.4, -0.2) is 23.9 Å². The number of nitrogens with one attached hydrogen (secondary N) is 2. The number of hydrogen-bond acceptors (Lipinski definition) is 3. The monoisotopic (exact) mass is 381 g/mol. The number of carbonyl (C=O) groups excluding carboxylic acids is 3. The molecular formula is C21H20FN3O3. The summed E-state index contributed by atoms with van der Waals surface area (Å²) >= 11 is 0. The van der Waals surface area contributed by atoms with Gasteiger partial charge in [-0.1, -0.05) is 18.2 Å². The molecule has 6 nitrogen and oxygen atoms in total. The normalized spacial score (nSPS) is 24.3. The summed E-state index contributed by atoms with van der Waals surface area (Å²) in [6.45, 7) is 0. The molecule has 1 saturated heterocycles. The van der Waals surface area contributed by atoms with E-state index in [1.54, 1.807) is 24.3 Å². The summed E-state index contributed by atoms with van der Waals surface area (Å²) in [6.07, 6.45) is 1.48. The zero-order valence-corrected chi connectivity index (χ0v) is 15.1. The fourth-order valence-corrected chi connectivity index (χ4v) is 3.95. The molecule has 4 amide bonds. The number of fused-ring (bicyclic) bond motifs is 1. The molecule has 7 heteroatoms. The van der Waals surface area contributed by atoms with Crippen molar-refractivity contribution in [1.29, 1.82) is 0 Å². The molecule has 0 aromatic heterocycles. The summed E-state index contributed by atoms with van der Waals surface area (Å²) in [4.78, 5) is 39.2. The number of rotatable bonds is 3. The van der Waals surface area contributed by atoms with Crippen molar-refractivity contribution in [2.75, 3.05) is 10.2 Å². The first-order valence-corrected chi connectivity index (χ1v) is 9.29. The van der Waals surface area contributed by atoms with E-state index < -0.39 is 6.03 Å². The first-order valence-electron chi connectivity index (χ1n) is 9.29. The molecule has 0 spiro atoms. The Hall–Kier alpha value is -3.22. The zero-order valence-electron chi connectivity index (χ0n) is 15.1. The van der Waals surface area contributed by atoms with E-state index in [2.05, 4.69) is 10.6 Å². The van der Waals surface area contributed by atoms with Gasteiger partial charge in [-0.3, -0.25) is 9.59 Å². The maximum Gasteiger partial charge on any atom is 0.328 e. The first kappa shape index (κ1) is 18.2. The SMILES string of the molecule is O=C(Nc1ccc(F)cc1)C1CCC2C(=O)N(c3ccccc3)C(=O)NC2C1. The third kappa shape index (κ3) is 3.47. The van der Waals surface area contributed by atoms with Gasteiger partial charge >= 0.3 is 6.03 Å². The average Bonchev–Trinajstić information content (AvgIpc) is 2.70. The fraction of sp³-hybridized carbons (Fsp3) is 0.286. The lowest BCUT2D eigenvalue weighted by atomic mass is 9.76. The lowest BCUT2D eigenvalue weighted by Crippen LogP contribution is -2.62. The maximum atomic E-state index is 13.0. The lowest BCUT2D eigenvalue weighted by Gasteiger charge is -2.41. The molecular weight excluding hydrogens is 361 g/mol. The van der Waals surface area contributed by atoms with Crippen LogP contribution in [0.3, 0.4) is 0 Å². The molecule has 144 valence electrons. The summed E-state index contributed by atoms with van der Waals surface area (Å²) in [6, 6.07) is 13.6. The van der Waals surface area contributed by atoms with Crippen LogP contribution in [0.4, 0.5) is 20.6 Å². The van der Waals surface area contributed by atoms with Crippen molar-refractivity contribution in [2.45, 2.75) is 25.3 Å². The number of benzene rings is 2. The summed E-state index contributed by atoms with van der Waals surface area (Å²) in [5.41, 5.74) is 1.06. The maximum absolute atomic E-state index is 13.0. The van der Waals surface area contributed by atoms with E-state index in [0.717, 1.165) is 0 Å². The minimum absolute atomic E-state index is 0.183.